The third kappa shape index (κ3) is 3.33. The van der Waals surface area contributed by atoms with Crippen LogP contribution in [0.3, 0.4) is 0 Å². The zero-order chi connectivity index (χ0) is 16.4. The maximum atomic E-state index is 12.5. The van der Waals surface area contributed by atoms with E-state index in [0.29, 0.717) is 22.3 Å². The molecular formula is C17H14Cl2N2O2. The van der Waals surface area contributed by atoms with E-state index in [2.05, 4.69) is 5.32 Å². The summed E-state index contributed by atoms with van der Waals surface area (Å²) in [6.45, 7) is 0.520. The molecule has 1 aliphatic heterocycles. The predicted octanol–water partition coefficient (Wildman–Crippen LogP) is 3.91. The van der Waals surface area contributed by atoms with Crippen LogP contribution in [0.25, 0.3) is 0 Å². The summed E-state index contributed by atoms with van der Waals surface area (Å²) in [5, 5.41) is 3.29. The molecule has 0 aliphatic carbocycles. The molecule has 0 bridgehead atoms. The van der Waals surface area contributed by atoms with Gasteiger partial charge in [-0.1, -0.05) is 41.4 Å². The Morgan fingerprint density at radius 3 is 2.70 bits per heavy atom. The molecule has 23 heavy (non-hydrogen) atoms. The first-order valence-corrected chi connectivity index (χ1v) is 7.97. The van der Waals surface area contributed by atoms with Gasteiger partial charge in [-0.05, 0) is 42.7 Å². The van der Waals surface area contributed by atoms with Crippen molar-refractivity contribution in [1.82, 2.24) is 0 Å². The second-order valence-electron chi connectivity index (χ2n) is 5.27. The van der Waals surface area contributed by atoms with Crippen LogP contribution in [0.1, 0.15) is 12.0 Å². The molecule has 0 atom stereocenters. The topological polar surface area (TPSA) is 49.4 Å². The highest BCUT2D eigenvalue weighted by molar-refractivity contribution is 6.45. The van der Waals surface area contributed by atoms with E-state index >= 15 is 0 Å². The number of para-hydroxylation sites is 1. The Morgan fingerprint density at radius 2 is 1.87 bits per heavy atom. The monoisotopic (exact) mass is 348 g/mol. The first-order valence-electron chi connectivity index (χ1n) is 7.22. The van der Waals surface area contributed by atoms with Crippen molar-refractivity contribution in [1.29, 1.82) is 0 Å². The van der Waals surface area contributed by atoms with Crippen LogP contribution in [0.4, 0.5) is 11.4 Å². The Balaban J connectivity index is 1.81. The summed E-state index contributed by atoms with van der Waals surface area (Å²) in [4.78, 5) is 26.3. The quantitative estimate of drug-likeness (QED) is 0.794. The molecule has 1 heterocycles. The molecule has 118 valence electrons. The molecule has 3 rings (SSSR count). The van der Waals surface area contributed by atoms with E-state index in [1.807, 2.05) is 24.3 Å². The van der Waals surface area contributed by atoms with E-state index in [-0.39, 0.29) is 0 Å². The maximum Gasteiger partial charge on any atom is 0.316 e. The minimum absolute atomic E-state index is 0.322. The molecule has 0 aromatic heterocycles. The summed E-state index contributed by atoms with van der Waals surface area (Å²) < 4.78 is 0. The molecule has 1 aliphatic rings. The van der Waals surface area contributed by atoms with Gasteiger partial charge in [-0.25, -0.2) is 0 Å². The fourth-order valence-corrected chi connectivity index (χ4v) is 2.97. The number of nitrogens with zero attached hydrogens (tertiary/aromatic N) is 1. The van der Waals surface area contributed by atoms with E-state index in [1.165, 1.54) is 11.0 Å². The Bertz CT molecular complexity index is 777. The van der Waals surface area contributed by atoms with Crippen molar-refractivity contribution >= 4 is 46.4 Å². The van der Waals surface area contributed by atoms with E-state index in [0.717, 1.165) is 24.1 Å². The molecule has 0 saturated carbocycles. The standard InChI is InChI=1S/C17H14Cl2N2O2/c18-12-7-8-13(19)14(10-12)20-16(22)17(23)21-9-3-5-11-4-1-2-6-15(11)21/h1-2,4,6-8,10H,3,5,9H2,(H,20,22). The lowest BCUT2D eigenvalue weighted by Gasteiger charge is -2.28. The van der Waals surface area contributed by atoms with Crippen LogP contribution >= 0.6 is 23.2 Å². The lowest BCUT2D eigenvalue weighted by atomic mass is 10.0. The first kappa shape index (κ1) is 15.8. The third-order valence-electron chi connectivity index (χ3n) is 3.73. The van der Waals surface area contributed by atoms with Crippen LogP contribution in [0, 0.1) is 0 Å². The number of amides is 2. The second kappa shape index (κ2) is 6.60. The molecule has 0 saturated heterocycles. The van der Waals surface area contributed by atoms with Gasteiger partial charge in [0.25, 0.3) is 0 Å². The number of nitrogens with one attached hydrogen (secondary N) is 1. The maximum absolute atomic E-state index is 12.5. The third-order valence-corrected chi connectivity index (χ3v) is 4.29. The average Bonchev–Trinajstić information content (AvgIpc) is 2.57. The highest BCUT2D eigenvalue weighted by atomic mass is 35.5. The number of aryl methyl sites for hydroxylation is 1. The molecule has 4 nitrogen and oxygen atoms in total. The predicted molar refractivity (Wildman–Crippen MR) is 92.2 cm³/mol. The summed E-state index contributed by atoms with van der Waals surface area (Å²) >= 11 is 11.9. The lowest BCUT2D eigenvalue weighted by molar-refractivity contribution is -0.134. The molecule has 2 aromatic rings. The van der Waals surface area contributed by atoms with Crippen LogP contribution < -0.4 is 10.2 Å². The van der Waals surface area contributed by atoms with Crippen LogP contribution in [-0.4, -0.2) is 18.4 Å². The number of hydrogen-bond donors (Lipinski definition) is 1. The largest absolute Gasteiger partial charge is 0.316 e. The Kier molecular flexibility index (Phi) is 4.55. The molecule has 2 amide bonds. The molecule has 0 radical (unpaired) electrons. The minimum Gasteiger partial charge on any atom is -0.316 e. The van der Waals surface area contributed by atoms with Crippen molar-refractivity contribution in [2.45, 2.75) is 12.8 Å². The van der Waals surface area contributed by atoms with Crippen molar-refractivity contribution in [3.63, 3.8) is 0 Å². The van der Waals surface area contributed by atoms with E-state index in [4.69, 9.17) is 23.2 Å². The van der Waals surface area contributed by atoms with Gasteiger partial charge in [-0.3, -0.25) is 9.59 Å². The highest BCUT2D eigenvalue weighted by Crippen LogP contribution is 2.28. The van der Waals surface area contributed by atoms with Gasteiger partial charge in [0.05, 0.1) is 10.7 Å². The number of hydrogen-bond acceptors (Lipinski definition) is 2. The van der Waals surface area contributed by atoms with Crippen molar-refractivity contribution in [2.75, 3.05) is 16.8 Å². The number of carbonyl (C=O) groups is 2. The highest BCUT2D eigenvalue weighted by Gasteiger charge is 2.27. The summed E-state index contributed by atoms with van der Waals surface area (Å²) in [6.07, 6.45) is 1.73. The zero-order valence-corrected chi connectivity index (χ0v) is 13.7. The van der Waals surface area contributed by atoms with Crippen molar-refractivity contribution < 1.29 is 9.59 Å². The van der Waals surface area contributed by atoms with Gasteiger partial charge in [0.1, 0.15) is 0 Å². The second-order valence-corrected chi connectivity index (χ2v) is 6.11. The Labute approximate surface area is 144 Å². The summed E-state index contributed by atoms with van der Waals surface area (Å²) in [5.41, 5.74) is 2.18. The molecule has 6 heteroatoms. The fraction of sp³-hybridized carbons (Fsp3) is 0.176. The van der Waals surface area contributed by atoms with Crippen LogP contribution in [0.2, 0.25) is 10.0 Å². The number of anilines is 2. The Morgan fingerprint density at radius 1 is 1.09 bits per heavy atom. The number of fused-ring (bicyclic) bond motifs is 1. The Hall–Kier alpha value is -2.04. The number of halogens is 2. The van der Waals surface area contributed by atoms with E-state index < -0.39 is 11.8 Å². The van der Waals surface area contributed by atoms with Gasteiger partial charge in [-0.15, -0.1) is 0 Å². The minimum atomic E-state index is -0.731. The molecular weight excluding hydrogens is 335 g/mol. The van der Waals surface area contributed by atoms with Crippen molar-refractivity contribution in [2.24, 2.45) is 0 Å². The van der Waals surface area contributed by atoms with Crippen LogP contribution in [0.5, 0.6) is 0 Å². The van der Waals surface area contributed by atoms with Crippen LogP contribution in [0.15, 0.2) is 42.5 Å². The summed E-state index contributed by atoms with van der Waals surface area (Å²) in [6, 6.07) is 12.3. The van der Waals surface area contributed by atoms with Crippen molar-refractivity contribution in [3.8, 4) is 0 Å². The van der Waals surface area contributed by atoms with Gasteiger partial charge in [0, 0.05) is 17.3 Å². The van der Waals surface area contributed by atoms with E-state index in [9.17, 15) is 9.59 Å². The van der Waals surface area contributed by atoms with Gasteiger partial charge in [-0.2, -0.15) is 0 Å². The average molecular weight is 349 g/mol. The van der Waals surface area contributed by atoms with Crippen LogP contribution in [-0.2, 0) is 16.0 Å². The van der Waals surface area contributed by atoms with Gasteiger partial charge in [0.15, 0.2) is 0 Å². The molecule has 0 unspecified atom stereocenters. The van der Waals surface area contributed by atoms with E-state index in [1.54, 1.807) is 12.1 Å². The normalized spacial score (nSPS) is 13.4. The van der Waals surface area contributed by atoms with Gasteiger partial charge in [0.2, 0.25) is 0 Å². The van der Waals surface area contributed by atoms with Gasteiger partial charge >= 0.3 is 11.8 Å². The smallest absolute Gasteiger partial charge is 0.316 e. The number of benzene rings is 2. The number of carbonyl (C=O) groups excluding carboxylic acids is 2. The van der Waals surface area contributed by atoms with Gasteiger partial charge < -0.3 is 10.2 Å². The lowest BCUT2D eigenvalue weighted by Crippen LogP contribution is -2.42. The molecule has 0 fully saturated rings. The summed E-state index contributed by atoms with van der Waals surface area (Å²) in [7, 11) is 0. The molecule has 2 aromatic carbocycles. The SMILES string of the molecule is O=C(Nc1cc(Cl)ccc1Cl)C(=O)N1CCCc2ccccc21. The zero-order valence-electron chi connectivity index (χ0n) is 12.2. The molecule has 1 N–H and O–H groups in total. The first-order chi connectivity index (χ1) is 11.1. The number of rotatable bonds is 1. The van der Waals surface area contributed by atoms with Crippen molar-refractivity contribution in [3.05, 3.63) is 58.1 Å². The molecule has 0 spiro atoms. The fourth-order valence-electron chi connectivity index (χ4n) is 2.64. The summed E-state index contributed by atoms with van der Waals surface area (Å²) in [5.74, 6) is -1.33.